The highest BCUT2D eigenvalue weighted by Gasteiger charge is 2.73. The molecule has 0 unspecified atom stereocenters. The molecule has 0 saturated heterocycles. The molecule has 5 heteroatoms. The SMILES string of the molecule is CN(C)C(=O)C1(C2(C(=O)Nc3ccc(OCc4ccccc4)cc3)CC2)CC1. The fourth-order valence-electron chi connectivity index (χ4n) is 4.12. The Bertz CT molecular complexity index is 866. The number of benzene rings is 2. The van der Waals surface area contributed by atoms with Crippen molar-refractivity contribution in [3.05, 3.63) is 60.2 Å². The van der Waals surface area contributed by atoms with Gasteiger partial charge in [0.25, 0.3) is 0 Å². The van der Waals surface area contributed by atoms with Gasteiger partial charge in [0.1, 0.15) is 12.4 Å². The molecule has 2 aromatic carbocycles. The van der Waals surface area contributed by atoms with Gasteiger partial charge in [-0.15, -0.1) is 0 Å². The Balaban J connectivity index is 1.38. The summed E-state index contributed by atoms with van der Waals surface area (Å²) in [6.07, 6.45) is 3.20. The molecule has 4 rings (SSSR count). The van der Waals surface area contributed by atoms with Crippen LogP contribution in [0, 0.1) is 10.8 Å². The van der Waals surface area contributed by atoms with E-state index in [0.29, 0.717) is 6.61 Å². The molecule has 2 aromatic rings. The van der Waals surface area contributed by atoms with Crippen molar-refractivity contribution in [3.8, 4) is 5.75 Å². The normalized spacial score (nSPS) is 18.1. The number of carbonyl (C=O) groups is 2. The number of nitrogens with one attached hydrogen (secondary N) is 1. The third-order valence-corrected chi connectivity index (χ3v) is 6.03. The Kier molecular flexibility index (Phi) is 4.61. The highest BCUT2D eigenvalue weighted by molar-refractivity contribution is 6.03. The van der Waals surface area contributed by atoms with Crippen LogP contribution in [-0.4, -0.2) is 30.8 Å². The van der Waals surface area contributed by atoms with Crippen LogP contribution < -0.4 is 10.1 Å². The summed E-state index contributed by atoms with van der Waals surface area (Å²) >= 11 is 0. The van der Waals surface area contributed by atoms with Crippen LogP contribution >= 0.6 is 0 Å². The molecular formula is C23H26N2O3. The number of hydrogen-bond acceptors (Lipinski definition) is 3. The Morgan fingerprint density at radius 2 is 1.54 bits per heavy atom. The van der Waals surface area contributed by atoms with Gasteiger partial charge >= 0.3 is 0 Å². The van der Waals surface area contributed by atoms with Crippen molar-refractivity contribution >= 4 is 17.5 Å². The summed E-state index contributed by atoms with van der Waals surface area (Å²) in [4.78, 5) is 27.3. The number of anilines is 1. The molecule has 0 aromatic heterocycles. The summed E-state index contributed by atoms with van der Waals surface area (Å²) in [6, 6.07) is 17.4. The van der Waals surface area contributed by atoms with Gasteiger partial charge in [0.15, 0.2) is 0 Å². The van der Waals surface area contributed by atoms with Crippen molar-refractivity contribution < 1.29 is 14.3 Å². The lowest BCUT2D eigenvalue weighted by molar-refractivity contribution is -0.141. The van der Waals surface area contributed by atoms with Gasteiger partial charge in [-0.3, -0.25) is 9.59 Å². The molecule has 0 bridgehead atoms. The molecule has 0 atom stereocenters. The van der Waals surface area contributed by atoms with Crippen LogP contribution in [-0.2, 0) is 16.2 Å². The maximum Gasteiger partial charge on any atom is 0.231 e. The van der Waals surface area contributed by atoms with Crippen molar-refractivity contribution in [2.75, 3.05) is 19.4 Å². The molecule has 1 N–H and O–H groups in total. The Morgan fingerprint density at radius 1 is 0.929 bits per heavy atom. The molecule has 0 radical (unpaired) electrons. The minimum atomic E-state index is -0.531. The first-order chi connectivity index (χ1) is 13.5. The number of amides is 2. The van der Waals surface area contributed by atoms with E-state index < -0.39 is 10.8 Å². The number of nitrogens with zero attached hydrogens (tertiary/aromatic N) is 1. The quantitative estimate of drug-likeness (QED) is 0.796. The van der Waals surface area contributed by atoms with Crippen LogP contribution in [0.3, 0.4) is 0 Å². The topological polar surface area (TPSA) is 58.6 Å². The number of rotatable bonds is 7. The molecule has 0 aliphatic heterocycles. The number of ether oxygens (including phenoxy) is 1. The van der Waals surface area contributed by atoms with E-state index in [1.165, 1.54) is 0 Å². The first kappa shape index (κ1) is 18.5. The molecule has 2 amide bonds. The van der Waals surface area contributed by atoms with Gasteiger partial charge in [0.05, 0.1) is 10.8 Å². The first-order valence-corrected chi connectivity index (χ1v) is 9.77. The lowest BCUT2D eigenvalue weighted by Crippen LogP contribution is -2.42. The van der Waals surface area contributed by atoms with Crippen molar-refractivity contribution in [3.63, 3.8) is 0 Å². The predicted octanol–water partition coefficient (Wildman–Crippen LogP) is 3.85. The molecule has 2 aliphatic carbocycles. The highest BCUT2D eigenvalue weighted by atomic mass is 16.5. The maximum atomic E-state index is 13.0. The zero-order valence-corrected chi connectivity index (χ0v) is 16.4. The minimum absolute atomic E-state index is 0.0295. The molecular weight excluding hydrogens is 352 g/mol. The Morgan fingerprint density at radius 3 is 2.07 bits per heavy atom. The van der Waals surface area contributed by atoms with Crippen LogP contribution in [0.15, 0.2) is 54.6 Å². The summed E-state index contributed by atoms with van der Waals surface area (Å²) in [7, 11) is 3.54. The zero-order chi connectivity index (χ0) is 19.8. The third-order valence-electron chi connectivity index (χ3n) is 6.03. The largest absolute Gasteiger partial charge is 0.489 e. The van der Waals surface area contributed by atoms with Crippen LogP contribution in [0.1, 0.15) is 31.2 Å². The first-order valence-electron chi connectivity index (χ1n) is 9.77. The van der Waals surface area contributed by atoms with Gasteiger partial charge in [-0.25, -0.2) is 0 Å². The van der Waals surface area contributed by atoms with Gasteiger partial charge in [-0.2, -0.15) is 0 Å². The standard InChI is InChI=1S/C23H26N2O3/c1-25(2)21(27)23(14-15-23)22(12-13-22)20(26)24-18-8-10-19(11-9-18)28-16-17-6-4-3-5-7-17/h3-11H,12-16H2,1-2H3,(H,24,26). The summed E-state index contributed by atoms with van der Waals surface area (Å²) in [5.74, 6) is 0.812. The average molecular weight is 378 g/mol. The van der Waals surface area contributed by atoms with E-state index in [1.54, 1.807) is 19.0 Å². The van der Waals surface area contributed by atoms with Gasteiger partial charge in [0, 0.05) is 19.8 Å². The fraction of sp³-hybridized carbons (Fsp3) is 0.391. The van der Waals surface area contributed by atoms with Crippen LogP contribution in [0.4, 0.5) is 5.69 Å². The second kappa shape index (κ2) is 6.97. The summed E-state index contributed by atoms with van der Waals surface area (Å²) < 4.78 is 5.79. The molecule has 2 fully saturated rings. The monoisotopic (exact) mass is 378 g/mol. The predicted molar refractivity (Wildman–Crippen MR) is 108 cm³/mol. The summed E-state index contributed by atoms with van der Waals surface area (Å²) in [5.41, 5.74) is 0.822. The van der Waals surface area contributed by atoms with Crippen molar-refractivity contribution in [2.45, 2.75) is 32.3 Å². The molecule has 0 heterocycles. The number of hydrogen-bond donors (Lipinski definition) is 1. The zero-order valence-electron chi connectivity index (χ0n) is 16.4. The van der Waals surface area contributed by atoms with Crippen LogP contribution in [0.5, 0.6) is 5.75 Å². The highest BCUT2D eigenvalue weighted by Crippen LogP contribution is 2.71. The lowest BCUT2D eigenvalue weighted by atomic mass is 9.83. The van der Waals surface area contributed by atoms with E-state index in [9.17, 15) is 9.59 Å². The molecule has 2 saturated carbocycles. The Hall–Kier alpha value is -2.82. The fourth-order valence-corrected chi connectivity index (χ4v) is 4.12. The molecule has 2 aliphatic rings. The minimum Gasteiger partial charge on any atom is -0.489 e. The smallest absolute Gasteiger partial charge is 0.231 e. The molecule has 5 nitrogen and oxygen atoms in total. The van der Waals surface area contributed by atoms with E-state index in [0.717, 1.165) is 42.7 Å². The van der Waals surface area contributed by atoms with Gasteiger partial charge in [0.2, 0.25) is 11.8 Å². The van der Waals surface area contributed by atoms with Crippen LogP contribution in [0.2, 0.25) is 0 Å². The van der Waals surface area contributed by atoms with Crippen molar-refractivity contribution in [1.82, 2.24) is 4.90 Å². The molecule has 0 spiro atoms. The van der Waals surface area contributed by atoms with Gasteiger partial charge in [-0.05, 0) is 55.5 Å². The second-order valence-electron chi connectivity index (χ2n) is 8.12. The second-order valence-corrected chi connectivity index (χ2v) is 8.12. The van der Waals surface area contributed by atoms with E-state index in [1.807, 2.05) is 54.6 Å². The Labute approximate surface area is 165 Å². The average Bonchev–Trinajstić information content (AvgIpc) is 3.61. The lowest BCUT2D eigenvalue weighted by Gasteiger charge is -2.27. The van der Waals surface area contributed by atoms with E-state index in [4.69, 9.17) is 4.74 Å². The van der Waals surface area contributed by atoms with Crippen molar-refractivity contribution in [2.24, 2.45) is 10.8 Å². The molecule has 28 heavy (non-hydrogen) atoms. The third kappa shape index (κ3) is 3.26. The maximum absolute atomic E-state index is 13.0. The summed E-state index contributed by atoms with van der Waals surface area (Å²) in [5, 5.41) is 3.02. The van der Waals surface area contributed by atoms with Crippen LogP contribution in [0.25, 0.3) is 0 Å². The summed E-state index contributed by atoms with van der Waals surface area (Å²) in [6.45, 7) is 0.505. The van der Waals surface area contributed by atoms with Crippen molar-refractivity contribution in [1.29, 1.82) is 0 Å². The number of carbonyl (C=O) groups excluding carboxylic acids is 2. The van der Waals surface area contributed by atoms with Gasteiger partial charge < -0.3 is 15.0 Å². The van der Waals surface area contributed by atoms with E-state index >= 15 is 0 Å². The van der Waals surface area contributed by atoms with E-state index in [-0.39, 0.29) is 11.8 Å². The van der Waals surface area contributed by atoms with E-state index in [2.05, 4.69) is 5.32 Å². The van der Waals surface area contributed by atoms with Gasteiger partial charge in [-0.1, -0.05) is 30.3 Å². The molecule has 146 valence electrons.